The number of pyridine rings is 1. The molecule has 3 aromatic rings. The number of fused-ring (bicyclic) bond motifs is 2. The second-order valence-corrected chi connectivity index (χ2v) is 6.25. The van der Waals surface area contributed by atoms with Crippen LogP contribution in [0, 0.1) is 6.92 Å². The summed E-state index contributed by atoms with van der Waals surface area (Å²) in [5.41, 5.74) is 10.6. The normalized spacial score (nSPS) is 11.7. The predicted octanol–water partition coefficient (Wildman–Crippen LogP) is 2.38. The van der Waals surface area contributed by atoms with Gasteiger partial charge < -0.3 is 16.0 Å². The largest absolute Gasteiger partial charge is 0.399 e. The van der Waals surface area contributed by atoms with Crippen molar-refractivity contribution in [3.05, 3.63) is 23.9 Å². The summed E-state index contributed by atoms with van der Waals surface area (Å²) in [6.45, 7) is 3.97. The van der Waals surface area contributed by atoms with E-state index in [0.29, 0.717) is 0 Å². The first-order valence-corrected chi connectivity index (χ1v) is 7.88. The van der Waals surface area contributed by atoms with E-state index in [1.54, 1.807) is 0 Å². The molecule has 0 amide bonds. The summed E-state index contributed by atoms with van der Waals surface area (Å²) < 4.78 is 1.84. The van der Waals surface area contributed by atoms with Crippen LogP contribution in [0.5, 0.6) is 0 Å². The Balaban J connectivity index is 2.10. The van der Waals surface area contributed by atoms with Crippen LogP contribution in [-0.4, -0.2) is 46.8 Å². The van der Waals surface area contributed by atoms with Crippen LogP contribution in [0.3, 0.4) is 0 Å². The summed E-state index contributed by atoms with van der Waals surface area (Å²) in [6, 6.07) is 5.85. The van der Waals surface area contributed by atoms with Crippen molar-refractivity contribution < 1.29 is 0 Å². The van der Waals surface area contributed by atoms with Crippen LogP contribution < -0.4 is 11.1 Å². The maximum atomic E-state index is 5.99. The van der Waals surface area contributed by atoms with Crippen LogP contribution in [-0.2, 0) is 7.05 Å². The van der Waals surface area contributed by atoms with Gasteiger partial charge in [0.15, 0.2) is 5.65 Å². The van der Waals surface area contributed by atoms with Gasteiger partial charge in [-0.25, -0.2) is 4.98 Å². The molecule has 2 aromatic heterocycles. The Morgan fingerprint density at radius 2 is 2.09 bits per heavy atom. The monoisotopic (exact) mass is 312 g/mol. The Hall–Kier alpha value is -2.34. The standard InChI is InChI=1S/C17H24N6/c1-11-15-16(19-8-5-9-22(2)3)13-10-12(18)6-7-14(13)20-17(15)23(4)21-11/h6-7,10H,5,8-9,18H2,1-4H3,(H,19,20). The van der Waals surface area contributed by atoms with E-state index < -0.39 is 0 Å². The Bertz CT molecular complexity index is 849. The number of nitrogens with zero attached hydrogens (tertiary/aromatic N) is 4. The second-order valence-electron chi connectivity index (χ2n) is 6.25. The first-order chi connectivity index (χ1) is 11.0. The van der Waals surface area contributed by atoms with Crippen molar-refractivity contribution in [1.29, 1.82) is 0 Å². The van der Waals surface area contributed by atoms with E-state index in [1.165, 1.54) is 0 Å². The molecule has 6 nitrogen and oxygen atoms in total. The van der Waals surface area contributed by atoms with E-state index in [4.69, 9.17) is 10.7 Å². The number of nitrogen functional groups attached to an aromatic ring is 1. The van der Waals surface area contributed by atoms with Crippen LogP contribution in [0.15, 0.2) is 18.2 Å². The van der Waals surface area contributed by atoms with Crippen LogP contribution >= 0.6 is 0 Å². The number of aryl methyl sites for hydroxylation is 2. The van der Waals surface area contributed by atoms with Crippen LogP contribution in [0.2, 0.25) is 0 Å². The molecule has 1 aromatic carbocycles. The molecule has 3 N–H and O–H groups in total. The lowest BCUT2D eigenvalue weighted by Gasteiger charge is -2.14. The van der Waals surface area contributed by atoms with Crippen molar-refractivity contribution in [2.75, 3.05) is 38.2 Å². The molecule has 0 fully saturated rings. The van der Waals surface area contributed by atoms with Gasteiger partial charge >= 0.3 is 0 Å². The Labute approximate surface area is 136 Å². The van der Waals surface area contributed by atoms with Crippen molar-refractivity contribution in [3.63, 3.8) is 0 Å². The number of nitrogens with one attached hydrogen (secondary N) is 1. The smallest absolute Gasteiger partial charge is 0.160 e. The number of benzene rings is 1. The number of anilines is 2. The highest BCUT2D eigenvalue weighted by Crippen LogP contribution is 2.33. The molecular weight excluding hydrogens is 288 g/mol. The fourth-order valence-corrected chi connectivity index (χ4v) is 2.96. The number of aromatic nitrogens is 3. The van der Waals surface area contributed by atoms with Gasteiger partial charge in [-0.15, -0.1) is 0 Å². The highest BCUT2D eigenvalue weighted by atomic mass is 15.3. The Morgan fingerprint density at radius 1 is 1.30 bits per heavy atom. The molecule has 0 saturated carbocycles. The predicted molar refractivity (Wildman–Crippen MR) is 96.8 cm³/mol. The fraction of sp³-hybridized carbons (Fsp3) is 0.412. The van der Waals surface area contributed by atoms with Gasteiger partial charge in [0.25, 0.3) is 0 Å². The third-order valence-electron chi connectivity index (χ3n) is 4.04. The van der Waals surface area contributed by atoms with Gasteiger partial charge in [0.05, 0.1) is 22.3 Å². The zero-order valence-corrected chi connectivity index (χ0v) is 14.2. The lowest BCUT2D eigenvalue weighted by molar-refractivity contribution is 0.405. The van der Waals surface area contributed by atoms with Gasteiger partial charge in [-0.3, -0.25) is 4.68 Å². The molecule has 0 saturated heterocycles. The molecule has 0 unspecified atom stereocenters. The molecule has 0 bridgehead atoms. The maximum Gasteiger partial charge on any atom is 0.160 e. The van der Waals surface area contributed by atoms with Crippen molar-refractivity contribution in [2.45, 2.75) is 13.3 Å². The number of hydrogen-bond donors (Lipinski definition) is 2. The summed E-state index contributed by atoms with van der Waals surface area (Å²) >= 11 is 0. The van der Waals surface area contributed by atoms with Crippen LogP contribution in [0.25, 0.3) is 21.9 Å². The minimum Gasteiger partial charge on any atom is -0.399 e. The lowest BCUT2D eigenvalue weighted by atomic mass is 10.1. The highest BCUT2D eigenvalue weighted by Gasteiger charge is 2.15. The van der Waals surface area contributed by atoms with Crippen molar-refractivity contribution >= 4 is 33.3 Å². The van der Waals surface area contributed by atoms with Gasteiger partial charge in [0.2, 0.25) is 0 Å². The van der Waals surface area contributed by atoms with Gasteiger partial charge in [-0.2, -0.15) is 5.10 Å². The van der Waals surface area contributed by atoms with E-state index in [1.807, 2.05) is 36.9 Å². The van der Waals surface area contributed by atoms with Gasteiger partial charge in [-0.05, 0) is 52.2 Å². The first kappa shape index (κ1) is 15.6. The molecule has 2 heterocycles. The van der Waals surface area contributed by atoms with Crippen LogP contribution in [0.1, 0.15) is 12.1 Å². The molecule has 0 aliphatic heterocycles. The summed E-state index contributed by atoms with van der Waals surface area (Å²) in [7, 11) is 6.11. The molecule has 122 valence electrons. The molecule has 0 aliphatic carbocycles. The number of hydrogen-bond acceptors (Lipinski definition) is 5. The van der Waals surface area contributed by atoms with Crippen molar-refractivity contribution in [2.24, 2.45) is 7.05 Å². The summed E-state index contributed by atoms with van der Waals surface area (Å²) in [5, 5.41) is 10.3. The zero-order chi connectivity index (χ0) is 16.6. The van der Waals surface area contributed by atoms with E-state index in [-0.39, 0.29) is 0 Å². The summed E-state index contributed by atoms with van der Waals surface area (Å²) in [5.74, 6) is 0. The van der Waals surface area contributed by atoms with E-state index in [0.717, 1.165) is 58.5 Å². The average molecular weight is 312 g/mol. The van der Waals surface area contributed by atoms with E-state index in [2.05, 4.69) is 29.4 Å². The summed E-state index contributed by atoms with van der Waals surface area (Å²) in [4.78, 5) is 6.94. The highest BCUT2D eigenvalue weighted by molar-refractivity contribution is 6.08. The molecule has 0 spiro atoms. The topological polar surface area (TPSA) is 72.0 Å². The Kier molecular flexibility index (Phi) is 4.09. The molecule has 0 aliphatic rings. The van der Waals surface area contributed by atoms with Crippen molar-refractivity contribution in [3.8, 4) is 0 Å². The Morgan fingerprint density at radius 3 is 2.83 bits per heavy atom. The molecule has 23 heavy (non-hydrogen) atoms. The molecule has 6 heteroatoms. The maximum absolute atomic E-state index is 5.99. The van der Waals surface area contributed by atoms with E-state index in [9.17, 15) is 0 Å². The lowest BCUT2D eigenvalue weighted by Crippen LogP contribution is -2.16. The molecule has 0 atom stereocenters. The van der Waals surface area contributed by atoms with Gasteiger partial charge in [0.1, 0.15) is 0 Å². The van der Waals surface area contributed by atoms with Gasteiger partial charge in [0, 0.05) is 24.7 Å². The first-order valence-electron chi connectivity index (χ1n) is 7.88. The second kappa shape index (κ2) is 6.04. The zero-order valence-electron chi connectivity index (χ0n) is 14.2. The van der Waals surface area contributed by atoms with Gasteiger partial charge in [-0.1, -0.05) is 0 Å². The third kappa shape index (κ3) is 2.94. The molecule has 3 rings (SSSR count). The minimum absolute atomic E-state index is 0.747. The fourth-order valence-electron chi connectivity index (χ4n) is 2.96. The van der Waals surface area contributed by atoms with Crippen molar-refractivity contribution in [1.82, 2.24) is 19.7 Å². The minimum atomic E-state index is 0.747. The number of rotatable bonds is 5. The van der Waals surface area contributed by atoms with E-state index >= 15 is 0 Å². The quantitative estimate of drug-likeness (QED) is 0.559. The average Bonchev–Trinajstić information content (AvgIpc) is 2.77. The summed E-state index contributed by atoms with van der Waals surface area (Å²) in [6.07, 6.45) is 1.07. The van der Waals surface area contributed by atoms with Crippen LogP contribution in [0.4, 0.5) is 11.4 Å². The molecular formula is C17H24N6. The third-order valence-corrected chi connectivity index (χ3v) is 4.04. The molecule has 0 radical (unpaired) electrons. The SMILES string of the molecule is Cc1nn(C)c2nc3ccc(N)cc3c(NCCCN(C)C)c12. The number of nitrogens with two attached hydrogens (primary N) is 1.